The number of carbonyl (C=O) groups is 1. The van der Waals surface area contributed by atoms with Gasteiger partial charge in [0.1, 0.15) is 11.3 Å². The van der Waals surface area contributed by atoms with Gasteiger partial charge in [-0.25, -0.2) is 19.7 Å². The maximum absolute atomic E-state index is 14.2. The quantitative estimate of drug-likeness (QED) is 0.294. The van der Waals surface area contributed by atoms with Gasteiger partial charge in [-0.05, 0) is 31.2 Å². The van der Waals surface area contributed by atoms with E-state index in [0.29, 0.717) is 5.02 Å². The summed E-state index contributed by atoms with van der Waals surface area (Å²) in [5.41, 5.74) is -0.271. The van der Waals surface area contributed by atoms with Crippen molar-refractivity contribution in [2.75, 3.05) is 6.61 Å². The Balaban J connectivity index is 2.06. The highest BCUT2D eigenvalue weighted by molar-refractivity contribution is 6.30. The van der Waals surface area contributed by atoms with Crippen molar-refractivity contribution in [3.63, 3.8) is 0 Å². The molecule has 0 aliphatic carbocycles. The number of carbonyl (C=O) groups excluding carboxylic acids is 1. The van der Waals surface area contributed by atoms with E-state index in [0.717, 1.165) is 10.6 Å². The fourth-order valence-corrected chi connectivity index (χ4v) is 3.16. The highest BCUT2D eigenvalue weighted by atomic mass is 35.5. The second kappa shape index (κ2) is 7.66. The lowest BCUT2D eigenvalue weighted by atomic mass is 10.1. The van der Waals surface area contributed by atoms with E-state index < -0.39 is 23.9 Å². The molecule has 0 aliphatic rings. The van der Waals surface area contributed by atoms with Gasteiger partial charge in [-0.1, -0.05) is 23.7 Å². The molecule has 0 atom stereocenters. The highest BCUT2D eigenvalue weighted by Crippen LogP contribution is 2.43. The molecular formula is C20H12ClF5N4O2. The van der Waals surface area contributed by atoms with Crippen LogP contribution in [0.4, 0.5) is 22.0 Å². The first kappa shape index (κ1) is 21.9. The molecule has 0 amide bonds. The zero-order valence-corrected chi connectivity index (χ0v) is 16.9. The molecule has 0 fully saturated rings. The Morgan fingerprint density at radius 1 is 1.03 bits per heavy atom. The van der Waals surface area contributed by atoms with Gasteiger partial charge >= 0.3 is 18.1 Å². The Morgan fingerprint density at radius 2 is 1.72 bits per heavy atom. The Hall–Kier alpha value is -3.34. The molecule has 166 valence electrons. The second-order valence-electron chi connectivity index (χ2n) is 6.62. The van der Waals surface area contributed by atoms with E-state index in [1.54, 1.807) is 6.92 Å². The van der Waals surface area contributed by atoms with Crippen molar-refractivity contribution < 1.29 is 31.5 Å². The number of esters is 1. The number of hydrogen-bond donors (Lipinski definition) is 0. The second-order valence-corrected chi connectivity index (χ2v) is 7.06. The molecule has 0 bridgehead atoms. The molecule has 0 radical (unpaired) electrons. The number of halogens is 6. The molecule has 12 heteroatoms. The molecule has 3 aromatic heterocycles. The molecule has 3 heterocycles. The molecule has 4 rings (SSSR count). The van der Waals surface area contributed by atoms with Crippen LogP contribution in [0.2, 0.25) is 5.02 Å². The Bertz CT molecular complexity index is 1340. The zero-order chi connectivity index (χ0) is 23.3. The number of hydrogen-bond acceptors (Lipinski definition) is 5. The van der Waals surface area contributed by atoms with Gasteiger partial charge < -0.3 is 4.74 Å². The van der Waals surface area contributed by atoms with Crippen LogP contribution in [0.1, 0.15) is 23.2 Å². The fraction of sp³-hybridized carbons (Fsp3) is 0.200. The van der Waals surface area contributed by atoms with Gasteiger partial charge in [-0.3, -0.25) is 4.40 Å². The summed E-state index contributed by atoms with van der Waals surface area (Å²) in [6.07, 6.45) is -4.76. The minimum Gasteiger partial charge on any atom is -0.461 e. The van der Waals surface area contributed by atoms with Crippen molar-refractivity contribution >= 4 is 34.3 Å². The third kappa shape index (κ3) is 3.62. The summed E-state index contributed by atoms with van der Waals surface area (Å²) >= 11 is 5.86. The summed E-state index contributed by atoms with van der Waals surface area (Å²) < 4.78 is 73.7. The van der Waals surface area contributed by atoms with Crippen molar-refractivity contribution in [3.05, 3.63) is 59.1 Å². The number of benzene rings is 1. The fourth-order valence-electron chi connectivity index (χ4n) is 3.03. The largest absolute Gasteiger partial charge is 0.461 e. The predicted octanol–water partition coefficient (Wildman–Crippen LogP) is 5.43. The molecule has 4 aromatic rings. The van der Waals surface area contributed by atoms with Crippen LogP contribution in [0.3, 0.4) is 0 Å². The topological polar surface area (TPSA) is 69.4 Å². The van der Waals surface area contributed by atoms with E-state index in [1.807, 2.05) is 0 Å². The summed E-state index contributed by atoms with van der Waals surface area (Å²) in [5, 5.41) is 0.499. The Labute approximate surface area is 181 Å². The molecule has 0 saturated carbocycles. The van der Waals surface area contributed by atoms with Gasteiger partial charge in [0, 0.05) is 22.2 Å². The van der Waals surface area contributed by atoms with E-state index in [2.05, 4.69) is 15.0 Å². The van der Waals surface area contributed by atoms with Gasteiger partial charge in [-0.2, -0.15) is 22.0 Å². The van der Waals surface area contributed by atoms with Crippen LogP contribution in [-0.2, 0) is 10.7 Å². The molecule has 0 N–H and O–H groups in total. The third-order valence-electron chi connectivity index (χ3n) is 4.53. The lowest BCUT2D eigenvalue weighted by Crippen LogP contribution is -2.35. The molecule has 0 unspecified atom stereocenters. The standard InChI is InChI=1S/C20H12ClF5N4O2/c1-2-32-17(31)13-9-30-14(27-13)8-7-12-15(10-3-5-11(21)6-4-10)28-18(29-16(12)30)19(22,23)20(24,25)26/h3-9H,2H2,1H3. The lowest BCUT2D eigenvalue weighted by Gasteiger charge is -2.19. The summed E-state index contributed by atoms with van der Waals surface area (Å²) in [6, 6.07) is 8.63. The van der Waals surface area contributed by atoms with E-state index in [4.69, 9.17) is 16.3 Å². The number of nitrogens with zero attached hydrogens (tertiary/aromatic N) is 4. The van der Waals surface area contributed by atoms with E-state index in [1.165, 1.54) is 36.4 Å². The number of imidazole rings is 1. The van der Waals surface area contributed by atoms with Gasteiger partial charge in [0.2, 0.25) is 5.82 Å². The SMILES string of the molecule is CCOC(=O)c1cn2c(ccc3c(-c4ccc(Cl)cc4)nc(C(F)(F)C(F)(F)F)nc32)n1. The third-order valence-corrected chi connectivity index (χ3v) is 4.78. The number of alkyl halides is 5. The van der Waals surface area contributed by atoms with Crippen molar-refractivity contribution in [1.29, 1.82) is 0 Å². The number of fused-ring (bicyclic) bond motifs is 3. The van der Waals surface area contributed by atoms with Gasteiger partial charge in [0.25, 0.3) is 0 Å². The normalized spacial score (nSPS) is 12.5. The first-order valence-electron chi connectivity index (χ1n) is 9.11. The zero-order valence-electron chi connectivity index (χ0n) is 16.1. The van der Waals surface area contributed by atoms with E-state index in [9.17, 15) is 26.7 Å². The number of rotatable bonds is 4. The molecule has 32 heavy (non-hydrogen) atoms. The Kier molecular flexibility index (Phi) is 5.24. The molecule has 0 aliphatic heterocycles. The van der Waals surface area contributed by atoms with Gasteiger partial charge in [-0.15, -0.1) is 0 Å². The van der Waals surface area contributed by atoms with Crippen molar-refractivity contribution in [1.82, 2.24) is 19.4 Å². The predicted molar refractivity (Wildman–Crippen MR) is 105 cm³/mol. The first-order valence-corrected chi connectivity index (χ1v) is 9.48. The number of aromatic nitrogens is 4. The van der Waals surface area contributed by atoms with E-state index >= 15 is 0 Å². The van der Waals surface area contributed by atoms with Gasteiger partial charge in [0.05, 0.1) is 12.3 Å². The number of ether oxygens (including phenoxy) is 1. The molecule has 0 spiro atoms. The molecule has 0 saturated heterocycles. The van der Waals surface area contributed by atoms with E-state index in [-0.39, 0.29) is 40.2 Å². The number of pyridine rings is 1. The Morgan fingerprint density at radius 3 is 2.34 bits per heavy atom. The summed E-state index contributed by atoms with van der Waals surface area (Å²) in [5.74, 6) is -7.84. The average Bonchev–Trinajstić information content (AvgIpc) is 3.18. The summed E-state index contributed by atoms with van der Waals surface area (Å²) in [4.78, 5) is 23.1. The lowest BCUT2D eigenvalue weighted by molar-refractivity contribution is -0.292. The van der Waals surface area contributed by atoms with Crippen molar-refractivity contribution in [2.45, 2.75) is 19.0 Å². The highest BCUT2D eigenvalue weighted by Gasteiger charge is 2.61. The molecule has 6 nitrogen and oxygen atoms in total. The van der Waals surface area contributed by atoms with Crippen LogP contribution in [-0.4, -0.2) is 38.1 Å². The van der Waals surface area contributed by atoms with Crippen LogP contribution < -0.4 is 0 Å². The van der Waals surface area contributed by atoms with Crippen LogP contribution >= 0.6 is 11.6 Å². The minimum atomic E-state index is -5.92. The maximum atomic E-state index is 14.2. The summed E-state index contributed by atoms with van der Waals surface area (Å²) in [6.45, 7) is 1.65. The van der Waals surface area contributed by atoms with Crippen molar-refractivity contribution in [3.8, 4) is 11.3 Å². The first-order chi connectivity index (χ1) is 15.0. The minimum absolute atomic E-state index is 0.0677. The summed E-state index contributed by atoms with van der Waals surface area (Å²) in [7, 11) is 0. The average molecular weight is 471 g/mol. The van der Waals surface area contributed by atoms with Crippen molar-refractivity contribution in [2.24, 2.45) is 0 Å². The maximum Gasteiger partial charge on any atom is 0.461 e. The van der Waals surface area contributed by atoms with Crippen LogP contribution in [0, 0.1) is 0 Å². The molecular weight excluding hydrogens is 459 g/mol. The van der Waals surface area contributed by atoms with Crippen LogP contribution in [0.15, 0.2) is 42.6 Å². The van der Waals surface area contributed by atoms with Gasteiger partial charge in [0.15, 0.2) is 5.69 Å². The van der Waals surface area contributed by atoms with Crippen LogP contribution in [0.5, 0.6) is 0 Å². The van der Waals surface area contributed by atoms with Crippen LogP contribution in [0.25, 0.3) is 27.9 Å². The smallest absolute Gasteiger partial charge is 0.461 e. The monoisotopic (exact) mass is 470 g/mol. The molecule has 1 aromatic carbocycles.